The SMILES string of the molecule is COc1c(C)cnc(CNC(=O)Cn2cnc3ccccc3c2=O)c1C. The molecule has 1 amide bonds. The first-order valence-electron chi connectivity index (χ1n) is 8.21. The summed E-state index contributed by atoms with van der Waals surface area (Å²) >= 11 is 0. The summed E-state index contributed by atoms with van der Waals surface area (Å²) in [5.74, 6) is 0.476. The van der Waals surface area contributed by atoms with E-state index in [1.807, 2.05) is 19.9 Å². The minimum absolute atomic E-state index is 0.0985. The van der Waals surface area contributed by atoms with E-state index in [0.717, 1.165) is 22.6 Å². The molecule has 0 saturated heterocycles. The maximum Gasteiger partial charge on any atom is 0.261 e. The molecule has 1 aromatic carbocycles. The zero-order valence-corrected chi connectivity index (χ0v) is 14.9. The molecule has 1 N–H and O–H groups in total. The van der Waals surface area contributed by atoms with Crippen molar-refractivity contribution in [1.29, 1.82) is 0 Å². The van der Waals surface area contributed by atoms with E-state index >= 15 is 0 Å². The number of nitrogens with zero attached hydrogens (tertiary/aromatic N) is 3. The third kappa shape index (κ3) is 3.42. The Balaban J connectivity index is 1.72. The Morgan fingerprint density at radius 1 is 1.23 bits per heavy atom. The summed E-state index contributed by atoms with van der Waals surface area (Å²) in [6, 6.07) is 7.05. The van der Waals surface area contributed by atoms with Crippen molar-refractivity contribution in [2.75, 3.05) is 7.11 Å². The van der Waals surface area contributed by atoms with Crippen LogP contribution in [0.5, 0.6) is 5.75 Å². The second-order valence-electron chi connectivity index (χ2n) is 6.02. The van der Waals surface area contributed by atoms with Crippen molar-refractivity contribution >= 4 is 16.8 Å². The molecule has 3 rings (SSSR count). The predicted octanol–water partition coefficient (Wildman–Crippen LogP) is 1.73. The highest BCUT2D eigenvalue weighted by Gasteiger charge is 2.12. The lowest BCUT2D eigenvalue weighted by Gasteiger charge is -2.13. The normalized spacial score (nSPS) is 10.7. The van der Waals surface area contributed by atoms with Gasteiger partial charge in [0.1, 0.15) is 12.3 Å². The van der Waals surface area contributed by atoms with Crippen LogP contribution in [0.15, 0.2) is 41.6 Å². The number of carbonyl (C=O) groups excluding carboxylic acids is 1. The van der Waals surface area contributed by atoms with Gasteiger partial charge in [-0.25, -0.2) is 4.98 Å². The molecule has 26 heavy (non-hydrogen) atoms. The quantitative estimate of drug-likeness (QED) is 0.756. The molecule has 2 heterocycles. The number of methoxy groups -OCH3 is 1. The van der Waals surface area contributed by atoms with Crippen molar-refractivity contribution in [2.45, 2.75) is 26.9 Å². The van der Waals surface area contributed by atoms with Crippen LogP contribution in [-0.2, 0) is 17.9 Å². The van der Waals surface area contributed by atoms with E-state index in [0.29, 0.717) is 10.9 Å². The number of aryl methyl sites for hydroxylation is 1. The number of rotatable bonds is 5. The van der Waals surface area contributed by atoms with E-state index in [-0.39, 0.29) is 24.6 Å². The monoisotopic (exact) mass is 352 g/mol. The van der Waals surface area contributed by atoms with Gasteiger partial charge in [-0.1, -0.05) is 12.1 Å². The van der Waals surface area contributed by atoms with Crippen LogP contribution in [0.25, 0.3) is 10.9 Å². The van der Waals surface area contributed by atoms with E-state index < -0.39 is 0 Å². The van der Waals surface area contributed by atoms with E-state index in [4.69, 9.17) is 4.74 Å². The van der Waals surface area contributed by atoms with Crippen LogP contribution >= 0.6 is 0 Å². The summed E-state index contributed by atoms with van der Waals surface area (Å²) < 4.78 is 6.67. The fourth-order valence-corrected chi connectivity index (χ4v) is 2.86. The zero-order valence-electron chi connectivity index (χ0n) is 14.9. The minimum Gasteiger partial charge on any atom is -0.496 e. The third-order valence-corrected chi connectivity index (χ3v) is 4.25. The highest BCUT2D eigenvalue weighted by atomic mass is 16.5. The van der Waals surface area contributed by atoms with Crippen molar-refractivity contribution in [1.82, 2.24) is 19.9 Å². The molecule has 0 aliphatic heterocycles. The second kappa shape index (κ2) is 7.35. The van der Waals surface area contributed by atoms with Crippen molar-refractivity contribution in [3.05, 3.63) is 64.0 Å². The lowest BCUT2D eigenvalue weighted by molar-refractivity contribution is -0.121. The number of hydrogen-bond acceptors (Lipinski definition) is 5. The van der Waals surface area contributed by atoms with Crippen LogP contribution in [0.2, 0.25) is 0 Å². The highest BCUT2D eigenvalue weighted by molar-refractivity contribution is 5.78. The molecule has 0 spiro atoms. The van der Waals surface area contributed by atoms with Gasteiger partial charge < -0.3 is 10.1 Å². The van der Waals surface area contributed by atoms with Gasteiger partial charge in [0.25, 0.3) is 5.56 Å². The molecule has 7 heteroatoms. The zero-order chi connectivity index (χ0) is 18.7. The van der Waals surface area contributed by atoms with Crippen molar-refractivity contribution in [3.8, 4) is 5.75 Å². The second-order valence-corrected chi connectivity index (χ2v) is 6.02. The van der Waals surface area contributed by atoms with Gasteiger partial charge >= 0.3 is 0 Å². The molecule has 3 aromatic rings. The largest absolute Gasteiger partial charge is 0.496 e. The van der Waals surface area contributed by atoms with Crippen molar-refractivity contribution in [2.24, 2.45) is 0 Å². The van der Waals surface area contributed by atoms with Gasteiger partial charge in [-0.05, 0) is 26.0 Å². The van der Waals surface area contributed by atoms with Crippen LogP contribution in [0.1, 0.15) is 16.8 Å². The molecule has 0 saturated carbocycles. The predicted molar refractivity (Wildman–Crippen MR) is 98.1 cm³/mol. The first kappa shape index (κ1) is 17.6. The summed E-state index contributed by atoms with van der Waals surface area (Å²) in [7, 11) is 1.61. The number of fused-ring (bicyclic) bond motifs is 1. The number of para-hydroxylation sites is 1. The van der Waals surface area contributed by atoms with Crippen LogP contribution in [0, 0.1) is 13.8 Å². The number of benzene rings is 1. The number of ether oxygens (including phenoxy) is 1. The van der Waals surface area contributed by atoms with Gasteiger partial charge in [-0.2, -0.15) is 0 Å². The number of nitrogens with one attached hydrogen (secondary N) is 1. The fraction of sp³-hybridized carbons (Fsp3) is 0.263. The minimum atomic E-state index is -0.287. The number of aromatic nitrogens is 3. The lowest BCUT2D eigenvalue weighted by atomic mass is 10.1. The van der Waals surface area contributed by atoms with Crippen LogP contribution < -0.4 is 15.6 Å². The molecule has 0 aliphatic rings. The van der Waals surface area contributed by atoms with Crippen LogP contribution in [-0.4, -0.2) is 27.6 Å². The average molecular weight is 352 g/mol. The van der Waals surface area contributed by atoms with Crippen molar-refractivity contribution in [3.63, 3.8) is 0 Å². The molecule has 134 valence electrons. The molecule has 0 bridgehead atoms. The molecular formula is C19H20N4O3. The summed E-state index contributed by atoms with van der Waals surface area (Å²) in [4.78, 5) is 33.2. The van der Waals surface area contributed by atoms with E-state index in [1.54, 1.807) is 31.5 Å². The number of carbonyl (C=O) groups is 1. The maximum absolute atomic E-state index is 12.4. The van der Waals surface area contributed by atoms with E-state index in [1.165, 1.54) is 10.9 Å². The molecular weight excluding hydrogens is 332 g/mol. The molecule has 0 fully saturated rings. The molecule has 0 aliphatic carbocycles. The topological polar surface area (TPSA) is 86.1 Å². The number of hydrogen-bond donors (Lipinski definition) is 1. The summed E-state index contributed by atoms with van der Waals surface area (Å²) in [5, 5.41) is 3.28. The highest BCUT2D eigenvalue weighted by Crippen LogP contribution is 2.23. The van der Waals surface area contributed by atoms with Gasteiger partial charge in [0, 0.05) is 17.3 Å². The molecule has 0 unspecified atom stereocenters. The van der Waals surface area contributed by atoms with Gasteiger partial charge in [-0.15, -0.1) is 0 Å². The Morgan fingerprint density at radius 3 is 2.77 bits per heavy atom. The van der Waals surface area contributed by atoms with Gasteiger partial charge in [0.05, 0.1) is 36.6 Å². The number of amides is 1. The van der Waals surface area contributed by atoms with Crippen molar-refractivity contribution < 1.29 is 9.53 Å². The van der Waals surface area contributed by atoms with Crippen LogP contribution in [0.4, 0.5) is 0 Å². The van der Waals surface area contributed by atoms with Gasteiger partial charge in [0.2, 0.25) is 5.91 Å². The summed E-state index contributed by atoms with van der Waals surface area (Å²) in [6.07, 6.45) is 3.10. The summed E-state index contributed by atoms with van der Waals surface area (Å²) in [6.45, 7) is 3.98. The molecule has 0 radical (unpaired) electrons. The Labute approximate surface area is 150 Å². The fourth-order valence-electron chi connectivity index (χ4n) is 2.86. The Morgan fingerprint density at radius 2 is 2.00 bits per heavy atom. The molecule has 0 atom stereocenters. The smallest absolute Gasteiger partial charge is 0.261 e. The standard InChI is InChI=1S/C19H20N4O3/c1-12-8-20-16(13(2)18(12)26-3)9-21-17(24)10-23-11-22-15-7-5-4-6-14(15)19(23)25/h4-8,11H,9-10H2,1-3H3,(H,21,24). The Kier molecular flexibility index (Phi) is 4.97. The van der Waals surface area contributed by atoms with E-state index in [2.05, 4.69) is 15.3 Å². The summed E-state index contributed by atoms with van der Waals surface area (Å²) in [5.41, 5.74) is 2.92. The maximum atomic E-state index is 12.4. The molecule has 7 nitrogen and oxygen atoms in total. The first-order valence-corrected chi connectivity index (χ1v) is 8.21. The van der Waals surface area contributed by atoms with E-state index in [9.17, 15) is 9.59 Å². The average Bonchev–Trinajstić information content (AvgIpc) is 2.64. The Bertz CT molecular complexity index is 1030. The van der Waals surface area contributed by atoms with Gasteiger partial charge in [-0.3, -0.25) is 19.1 Å². The van der Waals surface area contributed by atoms with Crippen LogP contribution in [0.3, 0.4) is 0 Å². The molecule has 2 aromatic heterocycles. The van der Waals surface area contributed by atoms with Gasteiger partial charge in [0.15, 0.2) is 0 Å². The first-order chi connectivity index (χ1) is 12.5. The third-order valence-electron chi connectivity index (χ3n) is 4.25. The Hall–Kier alpha value is -3.22. The lowest BCUT2D eigenvalue weighted by Crippen LogP contribution is -2.32. The number of pyridine rings is 1.